The van der Waals surface area contributed by atoms with Crippen LogP contribution in [0, 0.1) is 5.92 Å². The van der Waals surface area contributed by atoms with Crippen LogP contribution in [-0.4, -0.2) is 40.6 Å². The Balaban J connectivity index is 1.32. The molecule has 3 saturated heterocycles. The van der Waals surface area contributed by atoms with Crippen LogP contribution in [-0.2, 0) is 4.74 Å². The second-order valence-electron chi connectivity index (χ2n) is 7.84. The van der Waals surface area contributed by atoms with Gasteiger partial charge in [0, 0.05) is 42.1 Å². The summed E-state index contributed by atoms with van der Waals surface area (Å²) in [7, 11) is 0. The number of esters is 1. The molecule has 1 aromatic heterocycles. The summed E-state index contributed by atoms with van der Waals surface area (Å²) in [6, 6.07) is 9.15. The number of benzene rings is 1. The van der Waals surface area contributed by atoms with Crippen LogP contribution < -0.4 is 0 Å². The minimum atomic E-state index is -0.192. The maximum atomic E-state index is 12.7. The van der Waals surface area contributed by atoms with E-state index in [1.54, 1.807) is 6.20 Å². The number of carbonyl (C=O) groups is 1. The Bertz CT molecular complexity index is 839. The van der Waals surface area contributed by atoms with Gasteiger partial charge < -0.3 is 9.72 Å². The Morgan fingerprint density at radius 2 is 2.12 bits per heavy atom. The molecule has 1 aliphatic carbocycles. The van der Waals surface area contributed by atoms with E-state index in [2.05, 4.69) is 16.5 Å². The monoisotopic (exact) mass is 336 g/mol. The van der Waals surface area contributed by atoms with Crippen molar-refractivity contribution >= 4 is 16.9 Å². The number of aromatic amines is 1. The van der Waals surface area contributed by atoms with Gasteiger partial charge in [0.1, 0.15) is 6.10 Å². The molecule has 1 saturated carbocycles. The Morgan fingerprint density at radius 3 is 3.04 bits per heavy atom. The van der Waals surface area contributed by atoms with Gasteiger partial charge in [-0.15, -0.1) is 0 Å². The molecule has 3 unspecified atom stereocenters. The SMILES string of the molecule is C=C1CN2C3C[C@@H]2C[C@@H](OC(=O)c2c[nH]c4ccccc24)CCCC13. The molecule has 4 nitrogen and oxygen atoms in total. The van der Waals surface area contributed by atoms with Crippen molar-refractivity contribution in [3.05, 3.63) is 48.2 Å². The van der Waals surface area contributed by atoms with Gasteiger partial charge in [-0.1, -0.05) is 30.4 Å². The average Bonchev–Trinajstić information content (AvgIpc) is 3.16. The van der Waals surface area contributed by atoms with Gasteiger partial charge in [0.25, 0.3) is 0 Å². The van der Waals surface area contributed by atoms with Crippen molar-refractivity contribution in [1.29, 1.82) is 0 Å². The Hall–Kier alpha value is -2.07. The molecule has 0 amide bonds. The van der Waals surface area contributed by atoms with E-state index >= 15 is 0 Å². The zero-order chi connectivity index (χ0) is 17.0. The zero-order valence-electron chi connectivity index (χ0n) is 14.4. The van der Waals surface area contributed by atoms with Crippen molar-refractivity contribution < 1.29 is 9.53 Å². The van der Waals surface area contributed by atoms with Crippen molar-refractivity contribution in [3.8, 4) is 0 Å². The number of H-pyrrole nitrogens is 1. The highest BCUT2D eigenvalue weighted by molar-refractivity contribution is 6.04. The first-order valence-electron chi connectivity index (χ1n) is 9.41. The quantitative estimate of drug-likeness (QED) is 0.668. The van der Waals surface area contributed by atoms with Crippen LogP contribution >= 0.6 is 0 Å². The van der Waals surface area contributed by atoms with Gasteiger partial charge in [0.15, 0.2) is 0 Å². The Kier molecular flexibility index (Phi) is 3.49. The summed E-state index contributed by atoms with van der Waals surface area (Å²) < 4.78 is 5.96. The number of hydrogen-bond donors (Lipinski definition) is 1. The third-order valence-corrected chi connectivity index (χ3v) is 6.44. The van der Waals surface area contributed by atoms with Crippen LogP contribution in [0.1, 0.15) is 42.5 Å². The van der Waals surface area contributed by atoms with Gasteiger partial charge in [-0.3, -0.25) is 4.90 Å². The second-order valence-corrected chi connectivity index (χ2v) is 7.84. The van der Waals surface area contributed by atoms with Gasteiger partial charge in [-0.25, -0.2) is 4.79 Å². The molecule has 3 aliphatic heterocycles. The summed E-state index contributed by atoms with van der Waals surface area (Å²) in [6.07, 6.45) is 7.28. The van der Waals surface area contributed by atoms with Crippen LogP contribution in [0.4, 0.5) is 0 Å². The van der Waals surface area contributed by atoms with Gasteiger partial charge >= 0.3 is 5.97 Å². The third-order valence-electron chi connectivity index (χ3n) is 6.44. The number of hydrogen-bond acceptors (Lipinski definition) is 3. The molecular weight excluding hydrogens is 312 g/mol. The van der Waals surface area contributed by atoms with E-state index in [4.69, 9.17) is 4.74 Å². The maximum absolute atomic E-state index is 12.7. The minimum absolute atomic E-state index is 0.0275. The lowest BCUT2D eigenvalue weighted by Crippen LogP contribution is -2.54. The molecule has 5 atom stereocenters. The van der Waals surface area contributed by atoms with Crippen molar-refractivity contribution in [3.63, 3.8) is 0 Å². The van der Waals surface area contributed by atoms with Crippen LogP contribution in [0.5, 0.6) is 0 Å². The van der Waals surface area contributed by atoms with Crippen LogP contribution in [0.3, 0.4) is 0 Å². The fourth-order valence-electron chi connectivity index (χ4n) is 5.13. The van der Waals surface area contributed by atoms with Crippen molar-refractivity contribution in [2.75, 3.05) is 6.54 Å². The second kappa shape index (κ2) is 5.73. The standard InChI is InChI=1S/C21H24N2O2/c1-13-12-23-14-9-15(5-4-7-16(13)20(23)10-14)25-21(24)18-11-22-19-8-3-2-6-17(18)19/h2-3,6,8,11,14-16,20,22H,1,4-5,7,9-10,12H2/t14-,15-,16?,20?/m0/s1. The first-order chi connectivity index (χ1) is 12.2. The number of rotatable bonds is 2. The predicted molar refractivity (Wildman–Crippen MR) is 97.5 cm³/mol. The molecule has 1 N–H and O–H groups in total. The van der Waals surface area contributed by atoms with E-state index in [1.807, 2.05) is 24.3 Å². The molecule has 25 heavy (non-hydrogen) atoms. The normalized spacial score (nSPS) is 34.1. The number of fused-ring (bicyclic) bond motifs is 5. The summed E-state index contributed by atoms with van der Waals surface area (Å²) in [5.74, 6) is 0.474. The molecule has 1 aromatic carbocycles. The topological polar surface area (TPSA) is 45.3 Å². The fourth-order valence-corrected chi connectivity index (χ4v) is 5.13. The number of aromatic nitrogens is 1. The first kappa shape index (κ1) is 15.2. The van der Waals surface area contributed by atoms with Crippen LogP contribution in [0.25, 0.3) is 10.9 Å². The summed E-state index contributed by atoms with van der Waals surface area (Å²) in [6.45, 7) is 5.33. The highest BCUT2D eigenvalue weighted by Gasteiger charge is 2.49. The highest BCUT2D eigenvalue weighted by Crippen LogP contribution is 2.46. The highest BCUT2D eigenvalue weighted by atomic mass is 16.5. The van der Waals surface area contributed by atoms with E-state index in [0.29, 0.717) is 23.6 Å². The molecule has 4 aliphatic rings. The van der Waals surface area contributed by atoms with Crippen molar-refractivity contribution in [1.82, 2.24) is 9.88 Å². The lowest BCUT2D eigenvalue weighted by Gasteiger charge is -2.46. The zero-order valence-corrected chi connectivity index (χ0v) is 14.4. The van der Waals surface area contributed by atoms with Crippen LogP contribution in [0.15, 0.2) is 42.6 Å². The maximum Gasteiger partial charge on any atom is 0.340 e. The van der Waals surface area contributed by atoms with Crippen LogP contribution in [0.2, 0.25) is 0 Å². The van der Waals surface area contributed by atoms with E-state index < -0.39 is 0 Å². The Morgan fingerprint density at radius 1 is 1.24 bits per heavy atom. The van der Waals surface area contributed by atoms with Gasteiger partial charge in [0.2, 0.25) is 0 Å². The van der Waals surface area contributed by atoms with Crippen molar-refractivity contribution in [2.45, 2.75) is 50.3 Å². The van der Waals surface area contributed by atoms with Gasteiger partial charge in [0.05, 0.1) is 5.56 Å². The number of nitrogens with zero attached hydrogens (tertiary/aromatic N) is 1. The molecule has 6 rings (SSSR count). The minimum Gasteiger partial charge on any atom is -0.459 e. The van der Waals surface area contributed by atoms with E-state index in [1.165, 1.54) is 18.4 Å². The van der Waals surface area contributed by atoms with Gasteiger partial charge in [-0.2, -0.15) is 0 Å². The van der Waals surface area contributed by atoms with Gasteiger partial charge in [-0.05, 0) is 37.7 Å². The third kappa shape index (κ3) is 2.43. The van der Waals surface area contributed by atoms with E-state index in [0.717, 1.165) is 36.7 Å². The summed E-state index contributed by atoms with van der Waals surface area (Å²) in [4.78, 5) is 18.5. The molecule has 130 valence electrons. The predicted octanol–water partition coefficient (Wildman–Crippen LogP) is 3.90. The average molecular weight is 336 g/mol. The Labute approximate surface area is 147 Å². The van der Waals surface area contributed by atoms with E-state index in [9.17, 15) is 4.79 Å². The molecule has 4 heteroatoms. The molecule has 0 radical (unpaired) electrons. The molecular formula is C21H24N2O2. The fraction of sp³-hybridized carbons (Fsp3) is 0.476. The molecule has 4 heterocycles. The van der Waals surface area contributed by atoms with Crippen molar-refractivity contribution in [2.24, 2.45) is 5.92 Å². The smallest absolute Gasteiger partial charge is 0.340 e. The first-order valence-corrected chi connectivity index (χ1v) is 9.41. The lowest BCUT2D eigenvalue weighted by atomic mass is 9.83. The van der Waals surface area contributed by atoms with E-state index in [-0.39, 0.29) is 12.1 Å². The lowest BCUT2D eigenvalue weighted by molar-refractivity contribution is -0.0102. The molecule has 0 spiro atoms. The number of para-hydroxylation sites is 1. The summed E-state index contributed by atoms with van der Waals surface area (Å²) in [5.41, 5.74) is 3.05. The molecule has 4 bridgehead atoms. The summed E-state index contributed by atoms with van der Waals surface area (Å²) >= 11 is 0. The summed E-state index contributed by atoms with van der Waals surface area (Å²) in [5, 5.41) is 0.943. The largest absolute Gasteiger partial charge is 0.459 e. The number of carbonyl (C=O) groups excluding carboxylic acids is 1. The molecule has 2 aromatic rings. The number of ether oxygens (including phenoxy) is 1. The molecule has 4 fully saturated rings. The number of nitrogens with one attached hydrogen (secondary N) is 1.